The molecular weight excluding hydrogens is 261 g/mol. The SMILES string of the molecule is CN(Cc1cccc(F)c1)C(=O)c1ccc(S)cc1. The van der Waals surface area contributed by atoms with Gasteiger partial charge in [0.25, 0.3) is 5.91 Å². The molecule has 2 nitrogen and oxygen atoms in total. The Kier molecular flexibility index (Phi) is 4.22. The number of benzene rings is 2. The monoisotopic (exact) mass is 275 g/mol. The van der Waals surface area contributed by atoms with Crippen LogP contribution >= 0.6 is 12.6 Å². The van der Waals surface area contributed by atoms with Gasteiger partial charge in [-0.15, -0.1) is 12.6 Å². The summed E-state index contributed by atoms with van der Waals surface area (Å²) < 4.78 is 13.1. The smallest absolute Gasteiger partial charge is 0.253 e. The number of hydrogen-bond donors (Lipinski definition) is 1. The van der Waals surface area contributed by atoms with E-state index in [4.69, 9.17) is 0 Å². The van der Waals surface area contributed by atoms with Crippen LogP contribution in [0.3, 0.4) is 0 Å². The van der Waals surface area contributed by atoms with Crippen LogP contribution in [-0.2, 0) is 6.54 Å². The Balaban J connectivity index is 2.09. The third-order valence-corrected chi connectivity index (χ3v) is 3.07. The predicted molar refractivity (Wildman–Crippen MR) is 75.9 cm³/mol. The van der Waals surface area contributed by atoms with Crippen molar-refractivity contribution in [3.8, 4) is 0 Å². The molecule has 0 bridgehead atoms. The number of thiol groups is 1. The van der Waals surface area contributed by atoms with Crippen LogP contribution in [-0.4, -0.2) is 17.9 Å². The minimum absolute atomic E-state index is 0.0994. The topological polar surface area (TPSA) is 20.3 Å². The first-order valence-corrected chi connectivity index (χ1v) is 6.30. The van der Waals surface area contributed by atoms with Crippen LogP contribution in [0.15, 0.2) is 53.4 Å². The zero-order valence-corrected chi connectivity index (χ0v) is 11.4. The van der Waals surface area contributed by atoms with E-state index in [9.17, 15) is 9.18 Å². The number of halogens is 1. The Hall–Kier alpha value is -1.81. The molecule has 0 aromatic heterocycles. The summed E-state index contributed by atoms with van der Waals surface area (Å²) in [5.41, 5.74) is 1.36. The average molecular weight is 275 g/mol. The van der Waals surface area contributed by atoms with Gasteiger partial charge in [-0.3, -0.25) is 4.79 Å². The van der Waals surface area contributed by atoms with Crippen molar-refractivity contribution < 1.29 is 9.18 Å². The third-order valence-electron chi connectivity index (χ3n) is 2.77. The molecule has 0 saturated heterocycles. The van der Waals surface area contributed by atoms with Crippen molar-refractivity contribution in [1.29, 1.82) is 0 Å². The van der Waals surface area contributed by atoms with E-state index in [1.165, 1.54) is 12.1 Å². The van der Waals surface area contributed by atoms with Gasteiger partial charge >= 0.3 is 0 Å². The Labute approximate surface area is 117 Å². The van der Waals surface area contributed by atoms with Gasteiger partial charge in [0.05, 0.1) is 0 Å². The molecule has 98 valence electrons. The zero-order valence-electron chi connectivity index (χ0n) is 10.5. The van der Waals surface area contributed by atoms with E-state index in [0.29, 0.717) is 12.1 Å². The molecule has 0 aliphatic heterocycles. The molecule has 4 heteroatoms. The molecule has 0 spiro atoms. The highest BCUT2D eigenvalue weighted by molar-refractivity contribution is 7.80. The maximum Gasteiger partial charge on any atom is 0.253 e. The quantitative estimate of drug-likeness (QED) is 0.851. The first-order chi connectivity index (χ1) is 9.06. The normalized spacial score (nSPS) is 10.3. The molecule has 19 heavy (non-hydrogen) atoms. The van der Waals surface area contributed by atoms with E-state index in [0.717, 1.165) is 10.5 Å². The molecule has 0 aliphatic carbocycles. The standard InChI is InChI=1S/C15H14FNOS/c1-17(10-11-3-2-4-13(16)9-11)15(18)12-5-7-14(19)8-6-12/h2-9,19H,10H2,1H3. The molecule has 2 aromatic rings. The molecule has 1 amide bonds. The number of carbonyl (C=O) groups excluding carboxylic acids is 1. The molecule has 0 saturated carbocycles. The largest absolute Gasteiger partial charge is 0.337 e. The van der Waals surface area contributed by atoms with Crippen LogP contribution in [0, 0.1) is 5.82 Å². The summed E-state index contributed by atoms with van der Waals surface area (Å²) >= 11 is 4.18. The number of nitrogens with zero attached hydrogens (tertiary/aromatic N) is 1. The molecular formula is C15H14FNOS. The third kappa shape index (κ3) is 3.58. The lowest BCUT2D eigenvalue weighted by Gasteiger charge is -2.17. The van der Waals surface area contributed by atoms with Crippen LogP contribution < -0.4 is 0 Å². The first-order valence-electron chi connectivity index (χ1n) is 5.85. The highest BCUT2D eigenvalue weighted by Crippen LogP contribution is 2.12. The van der Waals surface area contributed by atoms with Crippen molar-refractivity contribution in [2.45, 2.75) is 11.4 Å². The van der Waals surface area contributed by atoms with Crippen LogP contribution in [0.1, 0.15) is 15.9 Å². The summed E-state index contributed by atoms with van der Waals surface area (Å²) in [4.78, 5) is 14.5. The van der Waals surface area contributed by atoms with E-state index in [2.05, 4.69) is 12.6 Å². The van der Waals surface area contributed by atoms with E-state index in [1.807, 2.05) is 0 Å². The van der Waals surface area contributed by atoms with Crippen molar-refractivity contribution in [2.24, 2.45) is 0 Å². The number of carbonyl (C=O) groups is 1. The summed E-state index contributed by atoms with van der Waals surface area (Å²) in [6.07, 6.45) is 0. The fourth-order valence-electron chi connectivity index (χ4n) is 1.81. The lowest BCUT2D eigenvalue weighted by molar-refractivity contribution is 0.0785. The van der Waals surface area contributed by atoms with Crippen molar-refractivity contribution in [3.05, 3.63) is 65.5 Å². The maximum absolute atomic E-state index is 13.1. The second kappa shape index (κ2) is 5.89. The lowest BCUT2D eigenvalue weighted by atomic mass is 10.1. The molecule has 0 radical (unpaired) electrons. The van der Waals surface area contributed by atoms with Crippen molar-refractivity contribution in [1.82, 2.24) is 4.90 Å². The lowest BCUT2D eigenvalue weighted by Crippen LogP contribution is -2.26. The Morgan fingerprint density at radius 3 is 2.53 bits per heavy atom. The molecule has 2 rings (SSSR count). The van der Waals surface area contributed by atoms with Gasteiger partial charge in [-0.2, -0.15) is 0 Å². The van der Waals surface area contributed by atoms with E-state index >= 15 is 0 Å². The highest BCUT2D eigenvalue weighted by atomic mass is 32.1. The minimum atomic E-state index is -0.294. The summed E-state index contributed by atoms with van der Waals surface area (Å²) in [6, 6.07) is 13.2. The maximum atomic E-state index is 13.1. The first kappa shape index (κ1) is 13.6. The van der Waals surface area contributed by atoms with Crippen LogP contribution in [0.5, 0.6) is 0 Å². The molecule has 0 N–H and O–H groups in total. The molecule has 0 heterocycles. The molecule has 0 unspecified atom stereocenters. The van der Waals surface area contributed by atoms with Gasteiger partial charge in [0.1, 0.15) is 5.82 Å². The Bertz CT molecular complexity index is 583. The van der Waals surface area contributed by atoms with Gasteiger partial charge in [-0.1, -0.05) is 12.1 Å². The molecule has 0 atom stereocenters. The van der Waals surface area contributed by atoms with Crippen molar-refractivity contribution in [2.75, 3.05) is 7.05 Å². The van der Waals surface area contributed by atoms with Crippen molar-refractivity contribution in [3.63, 3.8) is 0 Å². The van der Waals surface area contributed by atoms with Gasteiger partial charge in [-0.25, -0.2) is 4.39 Å². The predicted octanol–water partition coefficient (Wildman–Crippen LogP) is 3.39. The second-order valence-corrected chi connectivity index (χ2v) is 4.85. The minimum Gasteiger partial charge on any atom is -0.337 e. The van der Waals surface area contributed by atoms with Gasteiger partial charge < -0.3 is 4.90 Å². The van der Waals surface area contributed by atoms with Crippen molar-refractivity contribution >= 4 is 18.5 Å². The average Bonchev–Trinajstić information content (AvgIpc) is 2.39. The Morgan fingerprint density at radius 2 is 1.89 bits per heavy atom. The van der Waals surface area contributed by atoms with E-state index in [1.54, 1.807) is 48.3 Å². The molecule has 2 aromatic carbocycles. The number of hydrogen-bond acceptors (Lipinski definition) is 2. The van der Waals surface area contributed by atoms with Gasteiger partial charge in [0.2, 0.25) is 0 Å². The van der Waals surface area contributed by atoms with Gasteiger partial charge in [-0.05, 0) is 42.0 Å². The molecule has 0 aliphatic rings. The summed E-state index contributed by atoms with van der Waals surface area (Å²) in [7, 11) is 1.70. The Morgan fingerprint density at radius 1 is 1.21 bits per heavy atom. The van der Waals surface area contributed by atoms with Crippen LogP contribution in [0.4, 0.5) is 4.39 Å². The number of amides is 1. The highest BCUT2D eigenvalue weighted by Gasteiger charge is 2.11. The summed E-state index contributed by atoms with van der Waals surface area (Å²) in [5, 5.41) is 0. The van der Waals surface area contributed by atoms with Crippen LogP contribution in [0.2, 0.25) is 0 Å². The fourth-order valence-corrected chi connectivity index (χ4v) is 1.95. The zero-order chi connectivity index (χ0) is 13.8. The second-order valence-electron chi connectivity index (χ2n) is 4.34. The fraction of sp³-hybridized carbons (Fsp3) is 0.133. The van der Waals surface area contributed by atoms with Crippen LogP contribution in [0.25, 0.3) is 0 Å². The van der Waals surface area contributed by atoms with E-state index < -0.39 is 0 Å². The summed E-state index contributed by atoms with van der Waals surface area (Å²) in [5.74, 6) is -0.393. The summed E-state index contributed by atoms with van der Waals surface area (Å²) in [6.45, 7) is 0.374. The van der Waals surface area contributed by atoms with E-state index in [-0.39, 0.29) is 11.7 Å². The van der Waals surface area contributed by atoms with Gasteiger partial charge in [0, 0.05) is 24.1 Å². The molecule has 0 fully saturated rings. The van der Waals surface area contributed by atoms with Gasteiger partial charge in [0.15, 0.2) is 0 Å². The number of rotatable bonds is 3.